The third-order valence-corrected chi connectivity index (χ3v) is 2.81. The van der Waals surface area contributed by atoms with Gasteiger partial charge in [0.2, 0.25) is 0 Å². The zero-order valence-corrected chi connectivity index (χ0v) is 11.1. The van der Waals surface area contributed by atoms with Gasteiger partial charge in [-0.15, -0.1) is 0 Å². The number of anilines is 1. The number of hydrogen-bond donors (Lipinski definition) is 1. The van der Waals surface area contributed by atoms with E-state index >= 15 is 0 Å². The highest BCUT2D eigenvalue weighted by atomic mass is 19.4. The molecular formula is C15H10F3NO3. The fourth-order valence-electron chi connectivity index (χ4n) is 1.68. The molecule has 7 heteroatoms. The van der Waals surface area contributed by atoms with E-state index in [-0.39, 0.29) is 16.8 Å². The van der Waals surface area contributed by atoms with Crippen molar-refractivity contribution in [1.29, 1.82) is 0 Å². The minimum Gasteiger partial charge on any atom is -0.398 e. The summed E-state index contributed by atoms with van der Waals surface area (Å²) in [4.78, 5) is 23.5. The van der Waals surface area contributed by atoms with Gasteiger partial charge < -0.3 is 10.5 Å². The number of rotatable bonds is 2. The molecule has 0 bridgehead atoms. The number of nitrogen functional groups attached to an aromatic ring is 1. The predicted molar refractivity (Wildman–Crippen MR) is 72.0 cm³/mol. The van der Waals surface area contributed by atoms with Crippen molar-refractivity contribution in [2.24, 2.45) is 0 Å². The Morgan fingerprint density at radius 3 is 2.05 bits per heavy atom. The van der Waals surface area contributed by atoms with Gasteiger partial charge in [0.05, 0.1) is 16.7 Å². The summed E-state index contributed by atoms with van der Waals surface area (Å²) in [5, 5.41) is 0. The van der Waals surface area contributed by atoms with Crippen LogP contribution in [0.1, 0.15) is 26.3 Å². The van der Waals surface area contributed by atoms with Gasteiger partial charge in [0.1, 0.15) is 0 Å². The first-order valence-corrected chi connectivity index (χ1v) is 6.07. The van der Waals surface area contributed by atoms with Crippen molar-refractivity contribution in [3.63, 3.8) is 0 Å². The summed E-state index contributed by atoms with van der Waals surface area (Å²) in [6, 6.07) is 9.31. The van der Waals surface area contributed by atoms with E-state index in [4.69, 9.17) is 5.73 Å². The smallest absolute Gasteiger partial charge is 0.398 e. The van der Waals surface area contributed by atoms with E-state index in [1.807, 2.05) is 0 Å². The van der Waals surface area contributed by atoms with E-state index in [1.54, 1.807) is 6.07 Å². The average molecular weight is 309 g/mol. The predicted octanol–water partition coefficient (Wildman–Crippen LogP) is 3.28. The van der Waals surface area contributed by atoms with E-state index in [1.165, 1.54) is 18.2 Å². The largest absolute Gasteiger partial charge is 0.416 e. The Hall–Kier alpha value is -2.83. The first-order chi connectivity index (χ1) is 10.3. The molecule has 0 unspecified atom stereocenters. The monoisotopic (exact) mass is 309 g/mol. The molecule has 0 aliphatic carbocycles. The van der Waals surface area contributed by atoms with Gasteiger partial charge in [0, 0.05) is 5.69 Å². The average Bonchev–Trinajstić information content (AvgIpc) is 2.46. The molecule has 0 radical (unpaired) electrons. The molecule has 22 heavy (non-hydrogen) atoms. The number of halogens is 3. The molecule has 0 aliphatic heterocycles. The lowest BCUT2D eigenvalue weighted by atomic mass is 10.1. The molecule has 0 saturated heterocycles. The van der Waals surface area contributed by atoms with Gasteiger partial charge in [0.15, 0.2) is 0 Å². The molecule has 0 aliphatic rings. The molecule has 2 aromatic carbocycles. The van der Waals surface area contributed by atoms with E-state index in [2.05, 4.69) is 4.74 Å². The normalized spacial score (nSPS) is 11.0. The van der Waals surface area contributed by atoms with E-state index in [0.717, 1.165) is 24.3 Å². The lowest BCUT2D eigenvalue weighted by Gasteiger charge is -2.08. The van der Waals surface area contributed by atoms with Crippen LogP contribution in [0.25, 0.3) is 0 Å². The molecule has 0 fully saturated rings. The van der Waals surface area contributed by atoms with Gasteiger partial charge in [-0.05, 0) is 36.4 Å². The number of alkyl halides is 3. The SMILES string of the molecule is Nc1ccccc1C(=O)OC(=O)c1ccc(C(F)(F)F)cc1. The van der Waals surface area contributed by atoms with Crippen molar-refractivity contribution in [3.05, 3.63) is 65.2 Å². The Balaban J connectivity index is 2.13. The second kappa shape index (κ2) is 5.88. The summed E-state index contributed by atoms with van der Waals surface area (Å²) in [6.07, 6.45) is -4.50. The molecule has 114 valence electrons. The Bertz CT molecular complexity index is 709. The summed E-state index contributed by atoms with van der Waals surface area (Å²) in [5.41, 5.74) is 4.63. The van der Waals surface area contributed by atoms with Crippen molar-refractivity contribution >= 4 is 17.6 Å². The lowest BCUT2D eigenvalue weighted by molar-refractivity contribution is -0.137. The summed E-state index contributed by atoms with van der Waals surface area (Å²) >= 11 is 0. The minimum atomic E-state index is -4.50. The van der Waals surface area contributed by atoms with Gasteiger partial charge >= 0.3 is 18.1 Å². The van der Waals surface area contributed by atoms with Crippen LogP contribution in [0.5, 0.6) is 0 Å². The first kappa shape index (κ1) is 15.6. The number of carbonyl (C=O) groups excluding carboxylic acids is 2. The number of para-hydroxylation sites is 1. The number of benzene rings is 2. The molecular weight excluding hydrogens is 299 g/mol. The lowest BCUT2D eigenvalue weighted by Crippen LogP contribution is -2.14. The minimum absolute atomic E-state index is 0.00256. The zero-order chi connectivity index (χ0) is 16.3. The second-order valence-corrected chi connectivity index (χ2v) is 4.34. The quantitative estimate of drug-likeness (QED) is 0.525. The molecule has 0 heterocycles. The Kier molecular flexibility index (Phi) is 4.16. The van der Waals surface area contributed by atoms with Gasteiger partial charge in [-0.2, -0.15) is 13.2 Å². The standard InChI is InChI=1S/C15H10F3NO3/c16-15(17,18)10-7-5-9(6-8-10)13(20)22-14(21)11-3-1-2-4-12(11)19/h1-8H,19H2. The molecule has 0 spiro atoms. The highest BCUT2D eigenvalue weighted by molar-refractivity contribution is 6.04. The van der Waals surface area contributed by atoms with Crippen LogP contribution in [-0.2, 0) is 10.9 Å². The van der Waals surface area contributed by atoms with Crippen molar-refractivity contribution in [2.45, 2.75) is 6.18 Å². The number of hydrogen-bond acceptors (Lipinski definition) is 4. The summed E-state index contributed by atoms with van der Waals surface area (Å²) < 4.78 is 41.8. The molecule has 0 amide bonds. The number of carbonyl (C=O) groups is 2. The fraction of sp³-hybridized carbons (Fsp3) is 0.0667. The summed E-state index contributed by atoms with van der Waals surface area (Å²) in [6.45, 7) is 0. The molecule has 4 nitrogen and oxygen atoms in total. The van der Waals surface area contributed by atoms with E-state index < -0.39 is 23.7 Å². The molecule has 0 atom stereocenters. The Labute approximate surface area is 123 Å². The highest BCUT2D eigenvalue weighted by Crippen LogP contribution is 2.29. The van der Waals surface area contributed by atoms with Crippen LogP contribution in [0, 0.1) is 0 Å². The number of nitrogens with two attached hydrogens (primary N) is 1. The number of esters is 2. The Morgan fingerprint density at radius 2 is 1.50 bits per heavy atom. The molecule has 0 aromatic heterocycles. The maximum absolute atomic E-state index is 12.4. The third kappa shape index (κ3) is 3.43. The van der Waals surface area contributed by atoms with Gasteiger partial charge in [-0.3, -0.25) is 0 Å². The maximum Gasteiger partial charge on any atom is 0.416 e. The zero-order valence-electron chi connectivity index (χ0n) is 11.1. The first-order valence-electron chi connectivity index (χ1n) is 6.07. The maximum atomic E-state index is 12.4. The van der Waals surface area contributed by atoms with Gasteiger partial charge in [0.25, 0.3) is 0 Å². The van der Waals surface area contributed by atoms with E-state index in [9.17, 15) is 22.8 Å². The van der Waals surface area contributed by atoms with Crippen LogP contribution in [0.2, 0.25) is 0 Å². The Morgan fingerprint density at radius 1 is 0.909 bits per heavy atom. The molecule has 0 saturated carbocycles. The third-order valence-electron chi connectivity index (χ3n) is 2.81. The van der Waals surface area contributed by atoms with Crippen LogP contribution in [-0.4, -0.2) is 11.9 Å². The summed E-state index contributed by atoms with van der Waals surface area (Å²) in [5.74, 6) is -2.02. The molecule has 2 rings (SSSR count). The van der Waals surface area contributed by atoms with E-state index in [0.29, 0.717) is 0 Å². The van der Waals surface area contributed by atoms with Crippen LogP contribution in [0.15, 0.2) is 48.5 Å². The van der Waals surface area contributed by atoms with Gasteiger partial charge in [-0.25, -0.2) is 9.59 Å². The van der Waals surface area contributed by atoms with Crippen molar-refractivity contribution in [1.82, 2.24) is 0 Å². The molecule has 2 aromatic rings. The highest BCUT2D eigenvalue weighted by Gasteiger charge is 2.30. The van der Waals surface area contributed by atoms with Crippen LogP contribution < -0.4 is 5.73 Å². The van der Waals surface area contributed by atoms with Crippen LogP contribution >= 0.6 is 0 Å². The summed E-state index contributed by atoms with van der Waals surface area (Å²) in [7, 11) is 0. The second-order valence-electron chi connectivity index (χ2n) is 4.34. The van der Waals surface area contributed by atoms with Crippen molar-refractivity contribution < 1.29 is 27.5 Å². The van der Waals surface area contributed by atoms with Crippen molar-refractivity contribution in [2.75, 3.05) is 5.73 Å². The van der Waals surface area contributed by atoms with Crippen LogP contribution in [0.4, 0.5) is 18.9 Å². The van der Waals surface area contributed by atoms with Crippen LogP contribution in [0.3, 0.4) is 0 Å². The fourth-order valence-corrected chi connectivity index (χ4v) is 1.68. The topological polar surface area (TPSA) is 69.4 Å². The molecule has 2 N–H and O–H groups in total. The number of ether oxygens (including phenoxy) is 1. The van der Waals surface area contributed by atoms with Crippen molar-refractivity contribution in [3.8, 4) is 0 Å². The van der Waals surface area contributed by atoms with Gasteiger partial charge in [-0.1, -0.05) is 12.1 Å².